The summed E-state index contributed by atoms with van der Waals surface area (Å²) in [6.07, 6.45) is 2.55. The maximum Gasteiger partial charge on any atom is 0.123 e. The molecule has 0 bridgehead atoms. The Morgan fingerprint density at radius 2 is 1.66 bits per heavy atom. The topological polar surface area (TPSA) is 39.2 Å². The van der Waals surface area contributed by atoms with E-state index in [1.54, 1.807) is 0 Å². The second-order valence-electron chi connectivity index (χ2n) is 8.07. The van der Waals surface area contributed by atoms with Gasteiger partial charge in [-0.25, -0.2) is 0 Å². The molecule has 2 aliphatic rings. The van der Waals surface area contributed by atoms with Crippen LogP contribution in [0.2, 0.25) is 0 Å². The highest BCUT2D eigenvalue weighted by molar-refractivity contribution is 5.46. The number of benzene rings is 2. The van der Waals surface area contributed by atoms with E-state index in [1.807, 2.05) is 12.1 Å². The van der Waals surface area contributed by atoms with Crippen molar-refractivity contribution in [3.8, 4) is 5.75 Å². The van der Waals surface area contributed by atoms with Crippen LogP contribution in [0.3, 0.4) is 0 Å². The van der Waals surface area contributed by atoms with E-state index < -0.39 is 0 Å². The fourth-order valence-electron chi connectivity index (χ4n) is 4.63. The number of ether oxygens (including phenoxy) is 1. The molecular weight excluding hydrogens is 362 g/mol. The van der Waals surface area contributed by atoms with Crippen molar-refractivity contribution in [3.05, 3.63) is 60.2 Å². The molecule has 2 aliphatic heterocycles. The first-order valence-electron chi connectivity index (χ1n) is 10.9. The summed E-state index contributed by atoms with van der Waals surface area (Å²) in [6.45, 7) is 8.10. The van der Waals surface area contributed by atoms with Crippen LogP contribution in [0.4, 0.5) is 5.69 Å². The van der Waals surface area contributed by atoms with Crippen molar-refractivity contribution in [3.63, 3.8) is 0 Å². The van der Waals surface area contributed by atoms with Gasteiger partial charge in [-0.15, -0.1) is 0 Å². The van der Waals surface area contributed by atoms with Crippen molar-refractivity contribution in [2.24, 2.45) is 0 Å². The molecule has 2 fully saturated rings. The number of likely N-dealkylation sites (tertiary alicyclic amines) is 1. The maximum atomic E-state index is 9.07. The molecule has 2 heterocycles. The SMILES string of the molecule is OCCOc1ccccc1CN1CCC[C@@H](N2CCN(c3ccccc3)CC2)C1. The Morgan fingerprint density at radius 1 is 0.897 bits per heavy atom. The van der Waals surface area contributed by atoms with Gasteiger partial charge in [0.1, 0.15) is 12.4 Å². The molecule has 2 aromatic carbocycles. The van der Waals surface area contributed by atoms with Crippen LogP contribution >= 0.6 is 0 Å². The highest BCUT2D eigenvalue weighted by atomic mass is 16.5. The standard InChI is InChI=1S/C24H33N3O2/c28-17-18-29-24-11-5-4-7-21(24)19-25-12-6-10-23(20-25)27-15-13-26(14-16-27)22-8-2-1-3-9-22/h1-5,7-9,11,23,28H,6,10,12-20H2/t23-/m1/s1. The zero-order chi connectivity index (χ0) is 19.9. The number of piperazine rings is 1. The van der Waals surface area contributed by atoms with E-state index in [9.17, 15) is 0 Å². The molecule has 156 valence electrons. The van der Waals surface area contributed by atoms with Crippen LogP contribution in [0, 0.1) is 0 Å². The maximum absolute atomic E-state index is 9.07. The molecule has 0 aliphatic carbocycles. The van der Waals surface area contributed by atoms with Gasteiger partial charge in [-0.05, 0) is 37.6 Å². The molecule has 0 amide bonds. The fourth-order valence-corrected chi connectivity index (χ4v) is 4.63. The van der Waals surface area contributed by atoms with Crippen LogP contribution in [0.5, 0.6) is 5.75 Å². The minimum absolute atomic E-state index is 0.0507. The highest BCUT2D eigenvalue weighted by Crippen LogP contribution is 2.24. The Morgan fingerprint density at radius 3 is 2.45 bits per heavy atom. The average Bonchev–Trinajstić information content (AvgIpc) is 2.79. The molecule has 29 heavy (non-hydrogen) atoms. The number of rotatable bonds is 7. The molecule has 0 spiro atoms. The van der Waals surface area contributed by atoms with E-state index in [4.69, 9.17) is 9.84 Å². The van der Waals surface area contributed by atoms with Gasteiger partial charge < -0.3 is 14.7 Å². The molecule has 0 saturated carbocycles. The summed E-state index contributed by atoms with van der Waals surface area (Å²) in [5.41, 5.74) is 2.56. The number of hydrogen-bond acceptors (Lipinski definition) is 5. The van der Waals surface area contributed by atoms with Crippen LogP contribution in [-0.2, 0) is 6.54 Å². The van der Waals surface area contributed by atoms with Crippen molar-refractivity contribution >= 4 is 5.69 Å². The number of aliphatic hydroxyl groups is 1. The summed E-state index contributed by atoms with van der Waals surface area (Å²) in [4.78, 5) is 7.77. The smallest absolute Gasteiger partial charge is 0.123 e. The van der Waals surface area contributed by atoms with E-state index in [1.165, 1.54) is 24.1 Å². The second kappa shape index (κ2) is 10.1. The monoisotopic (exact) mass is 395 g/mol. The van der Waals surface area contributed by atoms with Crippen molar-refractivity contribution in [1.82, 2.24) is 9.80 Å². The summed E-state index contributed by atoms with van der Waals surface area (Å²) in [5.74, 6) is 0.903. The zero-order valence-electron chi connectivity index (χ0n) is 17.2. The van der Waals surface area contributed by atoms with Gasteiger partial charge in [0.15, 0.2) is 0 Å². The van der Waals surface area contributed by atoms with E-state index in [0.29, 0.717) is 12.6 Å². The molecule has 2 saturated heterocycles. The van der Waals surface area contributed by atoms with Crippen LogP contribution in [0.25, 0.3) is 0 Å². The normalized spacial score (nSPS) is 21.3. The van der Waals surface area contributed by atoms with Crippen LogP contribution in [-0.4, -0.2) is 73.4 Å². The van der Waals surface area contributed by atoms with Gasteiger partial charge in [0.25, 0.3) is 0 Å². The Kier molecular flexibility index (Phi) is 7.04. The largest absolute Gasteiger partial charge is 0.491 e. The van der Waals surface area contributed by atoms with E-state index in [2.05, 4.69) is 57.2 Å². The second-order valence-corrected chi connectivity index (χ2v) is 8.07. The third-order valence-electron chi connectivity index (χ3n) is 6.15. The van der Waals surface area contributed by atoms with Crippen LogP contribution < -0.4 is 9.64 Å². The molecule has 0 aromatic heterocycles. The number of aliphatic hydroxyl groups excluding tert-OH is 1. The Hall–Kier alpha value is -2.08. The Bertz CT molecular complexity index is 747. The summed E-state index contributed by atoms with van der Waals surface area (Å²) in [7, 11) is 0. The van der Waals surface area contributed by atoms with Gasteiger partial charge in [0.05, 0.1) is 6.61 Å². The number of nitrogens with zero attached hydrogens (tertiary/aromatic N) is 3. The van der Waals surface area contributed by atoms with Gasteiger partial charge in [0.2, 0.25) is 0 Å². The predicted molar refractivity (Wildman–Crippen MR) is 118 cm³/mol. The van der Waals surface area contributed by atoms with Gasteiger partial charge in [0, 0.05) is 56.6 Å². The lowest BCUT2D eigenvalue weighted by atomic mass is 10.0. The zero-order valence-corrected chi connectivity index (χ0v) is 17.2. The van der Waals surface area contributed by atoms with Gasteiger partial charge in [-0.3, -0.25) is 9.80 Å². The molecule has 5 nitrogen and oxygen atoms in total. The first-order chi connectivity index (χ1) is 14.3. The molecule has 4 rings (SSSR count). The molecule has 1 atom stereocenters. The lowest BCUT2D eigenvalue weighted by Gasteiger charge is -2.44. The Labute approximate surface area is 174 Å². The molecule has 0 unspecified atom stereocenters. The van der Waals surface area contributed by atoms with E-state index in [0.717, 1.165) is 51.6 Å². The van der Waals surface area contributed by atoms with Gasteiger partial charge >= 0.3 is 0 Å². The fraction of sp³-hybridized carbons (Fsp3) is 0.500. The van der Waals surface area contributed by atoms with E-state index in [-0.39, 0.29) is 6.61 Å². The van der Waals surface area contributed by atoms with Gasteiger partial charge in [-0.2, -0.15) is 0 Å². The van der Waals surface area contributed by atoms with E-state index >= 15 is 0 Å². The number of piperidine rings is 1. The third kappa shape index (κ3) is 5.30. The van der Waals surface area contributed by atoms with Crippen molar-refractivity contribution in [2.45, 2.75) is 25.4 Å². The van der Waals surface area contributed by atoms with Crippen molar-refractivity contribution in [2.75, 3.05) is 57.4 Å². The van der Waals surface area contributed by atoms with Crippen LogP contribution in [0.15, 0.2) is 54.6 Å². The summed E-state index contributed by atoms with van der Waals surface area (Å²) in [5, 5.41) is 9.07. The third-order valence-corrected chi connectivity index (χ3v) is 6.15. The van der Waals surface area contributed by atoms with Gasteiger partial charge in [-0.1, -0.05) is 36.4 Å². The van der Waals surface area contributed by atoms with Crippen LogP contribution in [0.1, 0.15) is 18.4 Å². The first kappa shape index (κ1) is 20.2. The first-order valence-corrected chi connectivity index (χ1v) is 10.9. The molecular formula is C24H33N3O2. The minimum Gasteiger partial charge on any atom is -0.491 e. The predicted octanol–water partition coefficient (Wildman–Crippen LogP) is 2.84. The average molecular weight is 396 g/mol. The lowest BCUT2D eigenvalue weighted by molar-refractivity contribution is 0.0880. The summed E-state index contributed by atoms with van der Waals surface area (Å²) >= 11 is 0. The number of hydrogen-bond donors (Lipinski definition) is 1. The molecule has 2 aromatic rings. The summed E-state index contributed by atoms with van der Waals surface area (Å²) < 4.78 is 5.73. The number of para-hydroxylation sites is 2. The van der Waals surface area contributed by atoms with Crippen molar-refractivity contribution < 1.29 is 9.84 Å². The molecule has 1 N–H and O–H groups in total. The quantitative estimate of drug-likeness (QED) is 0.781. The highest BCUT2D eigenvalue weighted by Gasteiger charge is 2.28. The summed E-state index contributed by atoms with van der Waals surface area (Å²) in [6, 6.07) is 19.7. The Balaban J connectivity index is 1.31. The van der Waals surface area contributed by atoms with Crippen molar-refractivity contribution in [1.29, 1.82) is 0 Å². The lowest BCUT2D eigenvalue weighted by Crippen LogP contribution is -2.55. The minimum atomic E-state index is 0.0507. The molecule has 0 radical (unpaired) electrons. The molecule has 5 heteroatoms. The number of anilines is 1.